The van der Waals surface area contributed by atoms with E-state index < -0.39 is 0 Å². The maximum atomic E-state index is 4.69. The molecule has 3 rings (SSSR count). The van der Waals surface area contributed by atoms with Gasteiger partial charge >= 0.3 is 0 Å². The number of thiazole rings is 1. The number of rotatable bonds is 2. The van der Waals surface area contributed by atoms with Gasteiger partial charge in [-0.2, -0.15) is 0 Å². The number of thiophene rings is 1. The molecule has 0 aliphatic carbocycles. The molecule has 0 aliphatic heterocycles. The summed E-state index contributed by atoms with van der Waals surface area (Å²) in [5.41, 5.74) is 2.18. The predicted molar refractivity (Wildman–Crippen MR) is 86.3 cm³/mol. The van der Waals surface area contributed by atoms with Crippen molar-refractivity contribution in [3.63, 3.8) is 0 Å². The van der Waals surface area contributed by atoms with Gasteiger partial charge in [0.25, 0.3) is 0 Å². The van der Waals surface area contributed by atoms with E-state index in [1.807, 2.05) is 12.1 Å². The molecule has 5 heteroatoms. The van der Waals surface area contributed by atoms with Gasteiger partial charge in [0.2, 0.25) is 0 Å². The standard InChI is InChI=1S/C13H7Br2NS2/c14-9-3-1-8(2-4-9)10-7-17-13(16-10)11-5-6-12(15)18-11/h1-7H. The van der Waals surface area contributed by atoms with Crippen LogP contribution in [0.15, 0.2) is 50.0 Å². The second-order valence-corrected chi connectivity index (χ2v) is 7.89. The summed E-state index contributed by atoms with van der Waals surface area (Å²) < 4.78 is 2.22. The Hall–Kier alpha value is -0.490. The van der Waals surface area contributed by atoms with Crippen molar-refractivity contribution in [3.05, 3.63) is 50.0 Å². The Morgan fingerprint density at radius 2 is 1.72 bits per heavy atom. The minimum atomic E-state index is 1.03. The van der Waals surface area contributed by atoms with E-state index in [0.29, 0.717) is 0 Å². The number of aromatic nitrogens is 1. The molecule has 0 amide bonds. The third kappa shape index (κ3) is 2.59. The van der Waals surface area contributed by atoms with Gasteiger partial charge < -0.3 is 0 Å². The molecule has 18 heavy (non-hydrogen) atoms. The van der Waals surface area contributed by atoms with Crippen LogP contribution in [0.4, 0.5) is 0 Å². The summed E-state index contributed by atoms with van der Waals surface area (Å²) in [6, 6.07) is 12.4. The van der Waals surface area contributed by atoms with Crippen LogP contribution in [0.2, 0.25) is 0 Å². The number of hydrogen-bond donors (Lipinski definition) is 0. The molecule has 0 radical (unpaired) electrons. The van der Waals surface area contributed by atoms with Crippen molar-refractivity contribution in [1.82, 2.24) is 4.98 Å². The lowest BCUT2D eigenvalue weighted by atomic mass is 10.2. The SMILES string of the molecule is Brc1ccc(-c2csc(-c3ccc(Br)s3)n2)cc1. The lowest BCUT2D eigenvalue weighted by Gasteiger charge is -1.96. The van der Waals surface area contributed by atoms with Gasteiger partial charge in [0, 0.05) is 15.4 Å². The molecule has 1 nitrogen and oxygen atoms in total. The number of nitrogens with zero attached hydrogens (tertiary/aromatic N) is 1. The minimum Gasteiger partial charge on any atom is -0.235 e. The lowest BCUT2D eigenvalue weighted by Crippen LogP contribution is -1.77. The average Bonchev–Trinajstić information content (AvgIpc) is 2.98. The summed E-state index contributed by atoms with van der Waals surface area (Å²) in [5, 5.41) is 3.18. The molecule has 0 saturated heterocycles. The minimum absolute atomic E-state index is 1.03. The van der Waals surface area contributed by atoms with Crippen molar-refractivity contribution in [1.29, 1.82) is 0 Å². The van der Waals surface area contributed by atoms with E-state index in [-0.39, 0.29) is 0 Å². The molecule has 3 aromatic rings. The van der Waals surface area contributed by atoms with Gasteiger partial charge in [-0.15, -0.1) is 22.7 Å². The molecule has 0 saturated carbocycles. The Bertz CT molecular complexity index is 670. The van der Waals surface area contributed by atoms with E-state index in [0.717, 1.165) is 24.5 Å². The highest BCUT2D eigenvalue weighted by Crippen LogP contribution is 2.35. The summed E-state index contributed by atoms with van der Waals surface area (Å²) in [7, 11) is 0. The van der Waals surface area contributed by atoms with E-state index in [4.69, 9.17) is 0 Å². The average molecular weight is 401 g/mol. The highest BCUT2D eigenvalue weighted by molar-refractivity contribution is 9.11. The van der Waals surface area contributed by atoms with Crippen molar-refractivity contribution in [3.8, 4) is 21.1 Å². The van der Waals surface area contributed by atoms with Gasteiger partial charge in [-0.3, -0.25) is 0 Å². The Morgan fingerprint density at radius 3 is 2.39 bits per heavy atom. The quantitative estimate of drug-likeness (QED) is 0.509. The van der Waals surface area contributed by atoms with Crippen LogP contribution in [0.5, 0.6) is 0 Å². The third-order valence-corrected chi connectivity index (χ3v) is 5.59. The van der Waals surface area contributed by atoms with Crippen molar-refractivity contribution in [2.24, 2.45) is 0 Å². The van der Waals surface area contributed by atoms with Gasteiger partial charge in [0.05, 0.1) is 14.4 Å². The zero-order valence-electron chi connectivity index (χ0n) is 9.06. The first-order chi connectivity index (χ1) is 8.72. The molecule has 0 fully saturated rings. The summed E-state index contributed by atoms with van der Waals surface area (Å²) in [6.07, 6.45) is 0. The van der Waals surface area contributed by atoms with E-state index >= 15 is 0 Å². The molecule has 0 aliphatic rings. The van der Waals surface area contributed by atoms with E-state index in [1.54, 1.807) is 22.7 Å². The highest BCUT2D eigenvalue weighted by atomic mass is 79.9. The highest BCUT2D eigenvalue weighted by Gasteiger charge is 2.08. The van der Waals surface area contributed by atoms with Gasteiger partial charge in [0.1, 0.15) is 5.01 Å². The first-order valence-electron chi connectivity index (χ1n) is 5.19. The lowest BCUT2D eigenvalue weighted by molar-refractivity contribution is 1.41. The molecule has 2 heterocycles. The molecule has 0 unspecified atom stereocenters. The van der Waals surface area contributed by atoms with Crippen LogP contribution >= 0.6 is 54.5 Å². The van der Waals surface area contributed by atoms with E-state index in [9.17, 15) is 0 Å². The summed E-state index contributed by atoms with van der Waals surface area (Å²) in [6.45, 7) is 0. The zero-order chi connectivity index (χ0) is 12.5. The fourth-order valence-electron chi connectivity index (χ4n) is 1.57. The largest absolute Gasteiger partial charge is 0.235 e. The van der Waals surface area contributed by atoms with Crippen LogP contribution in [0.1, 0.15) is 0 Å². The summed E-state index contributed by atoms with van der Waals surface area (Å²) in [5.74, 6) is 0. The third-order valence-electron chi connectivity index (χ3n) is 2.43. The second-order valence-electron chi connectivity index (χ2n) is 3.65. The summed E-state index contributed by atoms with van der Waals surface area (Å²) >= 11 is 10.3. The van der Waals surface area contributed by atoms with Gasteiger partial charge in [0.15, 0.2) is 0 Å². The monoisotopic (exact) mass is 399 g/mol. The first-order valence-corrected chi connectivity index (χ1v) is 8.48. The van der Waals surface area contributed by atoms with Crippen LogP contribution in [0.3, 0.4) is 0 Å². The predicted octanol–water partition coefficient (Wildman–Crippen LogP) is 6.06. The molecule has 90 valence electrons. The van der Waals surface area contributed by atoms with E-state index in [2.05, 4.69) is 66.5 Å². The smallest absolute Gasteiger partial charge is 0.134 e. The molecule has 0 atom stereocenters. The molecular weight excluding hydrogens is 394 g/mol. The fraction of sp³-hybridized carbons (Fsp3) is 0. The molecule has 0 N–H and O–H groups in total. The first kappa shape index (κ1) is 12.5. The van der Waals surface area contributed by atoms with Gasteiger partial charge in [-0.1, -0.05) is 28.1 Å². The van der Waals surface area contributed by atoms with Crippen LogP contribution in [-0.4, -0.2) is 4.98 Å². The molecule has 1 aromatic carbocycles. The van der Waals surface area contributed by atoms with Crippen LogP contribution in [-0.2, 0) is 0 Å². The fourth-order valence-corrected chi connectivity index (χ4v) is 4.12. The van der Waals surface area contributed by atoms with Crippen molar-refractivity contribution in [2.45, 2.75) is 0 Å². The number of benzene rings is 1. The number of halogens is 2. The number of hydrogen-bond acceptors (Lipinski definition) is 3. The van der Waals surface area contributed by atoms with Crippen molar-refractivity contribution < 1.29 is 0 Å². The van der Waals surface area contributed by atoms with Crippen LogP contribution in [0, 0.1) is 0 Å². The zero-order valence-corrected chi connectivity index (χ0v) is 13.9. The summed E-state index contributed by atoms with van der Waals surface area (Å²) in [4.78, 5) is 5.89. The van der Waals surface area contributed by atoms with E-state index in [1.165, 1.54) is 4.88 Å². The van der Waals surface area contributed by atoms with Crippen molar-refractivity contribution >= 4 is 54.5 Å². The Labute approximate surface area is 130 Å². The van der Waals surface area contributed by atoms with Crippen molar-refractivity contribution in [2.75, 3.05) is 0 Å². The Morgan fingerprint density at radius 1 is 0.944 bits per heavy atom. The maximum absolute atomic E-state index is 4.69. The maximum Gasteiger partial charge on any atom is 0.134 e. The second kappa shape index (κ2) is 5.25. The topological polar surface area (TPSA) is 12.9 Å². The van der Waals surface area contributed by atoms with Gasteiger partial charge in [-0.25, -0.2) is 4.98 Å². The van der Waals surface area contributed by atoms with Gasteiger partial charge in [-0.05, 0) is 40.2 Å². The molecule has 2 aromatic heterocycles. The molecule has 0 bridgehead atoms. The Balaban J connectivity index is 1.96. The molecular formula is C13H7Br2NS2. The molecule has 0 spiro atoms. The Kier molecular flexibility index (Phi) is 3.66. The van der Waals surface area contributed by atoms with Crippen LogP contribution in [0.25, 0.3) is 21.1 Å². The normalized spacial score (nSPS) is 10.8. The van der Waals surface area contributed by atoms with Crippen LogP contribution < -0.4 is 0 Å².